The van der Waals surface area contributed by atoms with Gasteiger partial charge in [0.15, 0.2) is 0 Å². The van der Waals surface area contributed by atoms with Gasteiger partial charge in [-0.15, -0.1) is 0 Å². The van der Waals surface area contributed by atoms with Crippen molar-refractivity contribution >= 4 is 99.8 Å². The van der Waals surface area contributed by atoms with Gasteiger partial charge in [0.2, 0.25) is 0 Å². The molecule has 0 aliphatic rings. The molecule has 0 aliphatic carbocycles. The Morgan fingerprint density at radius 2 is 0.723 bits per heavy atom. The number of furan rings is 2. The molecular weight excluding hydrogens is 795 g/mol. The third-order valence-electron chi connectivity index (χ3n) is 12.7. The summed E-state index contributed by atoms with van der Waals surface area (Å²) in [6.07, 6.45) is 0. The molecular formula is C60H39N3O2. The maximum atomic E-state index is 6.51. The van der Waals surface area contributed by atoms with Crippen LogP contribution in [0.2, 0.25) is 0 Å². The minimum Gasteiger partial charge on any atom is -0.456 e. The second-order valence-corrected chi connectivity index (χ2v) is 16.6. The topological polar surface area (TPSA) is 37.7 Å². The largest absolute Gasteiger partial charge is 0.456 e. The van der Waals surface area contributed by atoms with Crippen LogP contribution < -0.4 is 9.80 Å². The monoisotopic (exact) mass is 833 g/mol. The third kappa shape index (κ3) is 6.16. The highest BCUT2D eigenvalue weighted by atomic mass is 16.3. The van der Waals surface area contributed by atoms with Crippen molar-refractivity contribution in [2.24, 2.45) is 0 Å². The van der Waals surface area contributed by atoms with E-state index in [9.17, 15) is 0 Å². The molecule has 0 N–H and O–H groups in total. The van der Waals surface area contributed by atoms with Crippen molar-refractivity contribution in [3.8, 4) is 16.8 Å². The van der Waals surface area contributed by atoms with Crippen molar-refractivity contribution in [2.45, 2.75) is 0 Å². The van der Waals surface area contributed by atoms with E-state index in [2.05, 4.69) is 227 Å². The Kier molecular flexibility index (Phi) is 8.46. The molecule has 0 atom stereocenters. The molecule has 65 heavy (non-hydrogen) atoms. The van der Waals surface area contributed by atoms with Crippen molar-refractivity contribution < 1.29 is 8.83 Å². The Labute approximate surface area is 374 Å². The quantitative estimate of drug-likeness (QED) is 0.153. The molecule has 10 aromatic carbocycles. The SMILES string of the molecule is c1ccc(N(c2cc(-c3ccc4c(c3)c3ccccc3n4-c3ccccc3)cc(N(c3ccccc3)c3ccc4c(c3)oc3ccccc34)c2)c2ccc3c(c2)oc2ccccc23)cc1. The minimum absolute atomic E-state index is 0.839. The molecule has 0 fully saturated rings. The first kappa shape index (κ1) is 36.8. The van der Waals surface area contributed by atoms with Crippen LogP contribution in [0.4, 0.5) is 34.1 Å². The fraction of sp³-hybridized carbons (Fsp3) is 0. The molecule has 13 aromatic rings. The molecule has 3 heterocycles. The summed E-state index contributed by atoms with van der Waals surface area (Å²) in [4.78, 5) is 4.68. The average Bonchev–Trinajstić information content (AvgIpc) is 4.04. The second kappa shape index (κ2) is 14.9. The molecule has 0 spiro atoms. The first-order valence-corrected chi connectivity index (χ1v) is 22.0. The zero-order valence-corrected chi connectivity index (χ0v) is 35.2. The maximum absolute atomic E-state index is 6.51. The van der Waals surface area contributed by atoms with Crippen molar-refractivity contribution in [1.82, 2.24) is 4.57 Å². The van der Waals surface area contributed by atoms with Gasteiger partial charge in [0, 0.05) is 84.3 Å². The number of fused-ring (bicyclic) bond motifs is 9. The minimum atomic E-state index is 0.839. The Hall–Kier alpha value is -8.80. The van der Waals surface area contributed by atoms with E-state index in [-0.39, 0.29) is 0 Å². The van der Waals surface area contributed by atoms with Gasteiger partial charge in [-0.1, -0.05) is 115 Å². The van der Waals surface area contributed by atoms with E-state index >= 15 is 0 Å². The van der Waals surface area contributed by atoms with Crippen LogP contribution in [-0.2, 0) is 0 Å². The predicted molar refractivity (Wildman–Crippen MR) is 270 cm³/mol. The molecule has 306 valence electrons. The summed E-state index contributed by atoms with van der Waals surface area (Å²) in [6.45, 7) is 0. The van der Waals surface area contributed by atoms with Crippen molar-refractivity contribution in [3.63, 3.8) is 0 Å². The van der Waals surface area contributed by atoms with Crippen molar-refractivity contribution in [1.29, 1.82) is 0 Å². The highest BCUT2D eigenvalue weighted by Crippen LogP contribution is 2.46. The number of nitrogens with zero attached hydrogens (tertiary/aromatic N) is 3. The Balaban J connectivity index is 1.07. The normalized spacial score (nSPS) is 11.7. The van der Waals surface area contributed by atoms with Gasteiger partial charge in [0.25, 0.3) is 0 Å². The molecule has 0 unspecified atom stereocenters. The Bertz CT molecular complexity index is 3730. The summed E-state index contributed by atoms with van der Waals surface area (Å²) in [5.74, 6) is 0. The number of hydrogen-bond acceptors (Lipinski definition) is 4. The van der Waals surface area contributed by atoms with Crippen LogP contribution in [0.5, 0.6) is 0 Å². The number of benzene rings is 10. The lowest BCUT2D eigenvalue weighted by molar-refractivity contribution is 0.668. The van der Waals surface area contributed by atoms with E-state index in [1.165, 1.54) is 16.3 Å². The van der Waals surface area contributed by atoms with Gasteiger partial charge >= 0.3 is 0 Å². The second-order valence-electron chi connectivity index (χ2n) is 16.6. The van der Waals surface area contributed by atoms with E-state index in [0.29, 0.717) is 0 Å². The standard InChI is InChI=1S/C60H39N3O2/c1-4-16-42(17-5-1)61(45-29-31-52-50-23-11-14-26-57(50)64-59(52)38-45)47-34-41(40-28-33-56-54(36-40)49-22-10-13-25-55(49)63(56)44-20-8-3-9-21-44)35-48(37-47)62(43-18-6-2-7-19-43)46-30-32-53-51-24-12-15-27-58(51)65-60(53)39-46/h1-39H. The predicted octanol–water partition coefficient (Wildman–Crippen LogP) is 17.2. The maximum Gasteiger partial charge on any atom is 0.137 e. The van der Waals surface area contributed by atoms with Crippen LogP contribution in [-0.4, -0.2) is 4.57 Å². The van der Waals surface area contributed by atoms with Crippen molar-refractivity contribution in [2.75, 3.05) is 9.80 Å². The highest BCUT2D eigenvalue weighted by molar-refractivity contribution is 6.11. The fourth-order valence-electron chi connectivity index (χ4n) is 9.78. The molecule has 13 rings (SSSR count). The van der Waals surface area contributed by atoms with Gasteiger partial charge in [-0.3, -0.25) is 0 Å². The third-order valence-corrected chi connectivity index (χ3v) is 12.7. The lowest BCUT2D eigenvalue weighted by Gasteiger charge is -2.30. The highest BCUT2D eigenvalue weighted by Gasteiger charge is 2.22. The van der Waals surface area contributed by atoms with Crippen LogP contribution in [0.25, 0.3) is 82.5 Å². The molecule has 0 amide bonds. The van der Waals surface area contributed by atoms with Gasteiger partial charge in [-0.25, -0.2) is 0 Å². The lowest BCUT2D eigenvalue weighted by atomic mass is 9.99. The number of rotatable bonds is 8. The number of anilines is 6. The van der Waals surface area contributed by atoms with E-state index in [1.54, 1.807) is 0 Å². The van der Waals surface area contributed by atoms with Gasteiger partial charge in [0.1, 0.15) is 22.3 Å². The first-order chi connectivity index (χ1) is 32.2. The molecule has 5 heteroatoms. The van der Waals surface area contributed by atoms with Crippen LogP contribution in [0.15, 0.2) is 245 Å². The molecule has 0 saturated heterocycles. The van der Waals surface area contributed by atoms with Crippen molar-refractivity contribution in [3.05, 3.63) is 237 Å². The summed E-state index contributed by atoms with van der Waals surface area (Å²) < 4.78 is 15.4. The molecule has 0 radical (unpaired) electrons. The molecule has 0 aliphatic heterocycles. The van der Waals surface area contributed by atoms with Crippen LogP contribution in [0.3, 0.4) is 0 Å². The smallest absolute Gasteiger partial charge is 0.137 e. The molecule has 0 bridgehead atoms. The van der Waals surface area contributed by atoms with E-state index in [4.69, 9.17) is 8.83 Å². The molecule has 5 nitrogen and oxygen atoms in total. The molecule has 3 aromatic heterocycles. The summed E-state index contributed by atoms with van der Waals surface area (Å²) in [6, 6.07) is 84.0. The van der Waals surface area contributed by atoms with E-state index in [1.807, 2.05) is 24.3 Å². The summed E-state index contributed by atoms with van der Waals surface area (Å²) in [7, 11) is 0. The average molecular weight is 834 g/mol. The van der Waals surface area contributed by atoms with Crippen LogP contribution in [0.1, 0.15) is 0 Å². The van der Waals surface area contributed by atoms with Gasteiger partial charge in [-0.05, 0) is 120 Å². The van der Waals surface area contributed by atoms with Crippen LogP contribution in [0, 0.1) is 0 Å². The fourth-order valence-corrected chi connectivity index (χ4v) is 9.78. The zero-order valence-electron chi connectivity index (χ0n) is 35.2. The first-order valence-electron chi connectivity index (χ1n) is 22.0. The van der Waals surface area contributed by atoms with E-state index < -0.39 is 0 Å². The summed E-state index contributed by atoms with van der Waals surface area (Å²) >= 11 is 0. The van der Waals surface area contributed by atoms with Gasteiger partial charge in [-0.2, -0.15) is 0 Å². The number of aromatic nitrogens is 1. The van der Waals surface area contributed by atoms with Gasteiger partial charge < -0.3 is 23.2 Å². The number of hydrogen-bond donors (Lipinski definition) is 0. The Morgan fingerprint density at radius 1 is 0.262 bits per heavy atom. The molecule has 0 saturated carbocycles. The summed E-state index contributed by atoms with van der Waals surface area (Å²) in [5, 5.41) is 6.79. The Morgan fingerprint density at radius 3 is 1.29 bits per heavy atom. The zero-order chi connectivity index (χ0) is 42.8. The summed E-state index contributed by atoms with van der Waals surface area (Å²) in [5.41, 5.74) is 15.1. The lowest BCUT2D eigenvalue weighted by Crippen LogP contribution is -2.13. The van der Waals surface area contributed by atoms with Crippen LogP contribution >= 0.6 is 0 Å². The van der Waals surface area contributed by atoms with E-state index in [0.717, 1.165) is 100 Å². The van der Waals surface area contributed by atoms with Gasteiger partial charge in [0.05, 0.1) is 11.0 Å². The number of para-hydroxylation sites is 6.